The lowest BCUT2D eigenvalue weighted by Crippen LogP contribution is -2.11. The number of rotatable bonds is 3. The first-order chi connectivity index (χ1) is 7.84. The van der Waals surface area contributed by atoms with Crippen molar-refractivity contribution < 1.29 is 26.7 Å². The SMILES string of the molecule is [N-]=[N+]=Nc1ccc(OC(F)F)c(C(F)(F)F)c1. The Bertz CT molecular complexity index is 453. The first kappa shape index (κ1) is 13.0. The highest BCUT2D eigenvalue weighted by Gasteiger charge is 2.35. The highest BCUT2D eigenvalue weighted by atomic mass is 19.4. The van der Waals surface area contributed by atoms with Gasteiger partial charge < -0.3 is 4.74 Å². The van der Waals surface area contributed by atoms with Crippen molar-refractivity contribution in [3.8, 4) is 5.75 Å². The number of alkyl halides is 5. The molecule has 1 aromatic rings. The van der Waals surface area contributed by atoms with Gasteiger partial charge in [0.25, 0.3) is 0 Å². The second kappa shape index (κ2) is 4.88. The Morgan fingerprint density at radius 3 is 2.41 bits per heavy atom. The molecule has 4 nitrogen and oxygen atoms in total. The summed E-state index contributed by atoms with van der Waals surface area (Å²) in [6.07, 6.45) is -4.88. The van der Waals surface area contributed by atoms with E-state index in [2.05, 4.69) is 14.8 Å². The summed E-state index contributed by atoms with van der Waals surface area (Å²) >= 11 is 0. The molecular formula is C8H4F5N3O. The van der Waals surface area contributed by atoms with Crippen molar-refractivity contribution in [2.24, 2.45) is 5.11 Å². The Kier molecular flexibility index (Phi) is 3.74. The average molecular weight is 253 g/mol. The van der Waals surface area contributed by atoms with E-state index in [9.17, 15) is 22.0 Å². The summed E-state index contributed by atoms with van der Waals surface area (Å²) in [4.78, 5) is 2.29. The Hall–Kier alpha value is -2.02. The third-order valence-corrected chi connectivity index (χ3v) is 1.64. The van der Waals surface area contributed by atoms with Crippen molar-refractivity contribution in [2.75, 3.05) is 0 Å². The molecular weight excluding hydrogens is 249 g/mol. The molecule has 0 saturated heterocycles. The summed E-state index contributed by atoms with van der Waals surface area (Å²) in [5.41, 5.74) is 6.28. The van der Waals surface area contributed by atoms with Gasteiger partial charge in [-0.15, -0.1) is 0 Å². The fourth-order valence-electron chi connectivity index (χ4n) is 1.05. The molecule has 0 atom stereocenters. The van der Waals surface area contributed by atoms with Crippen molar-refractivity contribution in [2.45, 2.75) is 12.8 Å². The molecule has 0 N–H and O–H groups in total. The van der Waals surface area contributed by atoms with Crippen molar-refractivity contribution >= 4 is 5.69 Å². The first-order valence-corrected chi connectivity index (χ1v) is 4.05. The maximum Gasteiger partial charge on any atom is 0.419 e. The van der Waals surface area contributed by atoms with Gasteiger partial charge in [0.05, 0.1) is 5.56 Å². The maximum absolute atomic E-state index is 12.5. The van der Waals surface area contributed by atoms with Crippen LogP contribution in [0, 0.1) is 0 Å². The summed E-state index contributed by atoms with van der Waals surface area (Å²) in [6, 6.07) is 2.03. The Morgan fingerprint density at radius 2 is 1.94 bits per heavy atom. The van der Waals surface area contributed by atoms with Gasteiger partial charge in [-0.1, -0.05) is 5.11 Å². The summed E-state index contributed by atoms with van der Waals surface area (Å²) in [7, 11) is 0. The molecule has 1 aromatic carbocycles. The van der Waals surface area contributed by atoms with E-state index in [0.29, 0.717) is 12.1 Å². The molecule has 17 heavy (non-hydrogen) atoms. The van der Waals surface area contributed by atoms with E-state index >= 15 is 0 Å². The van der Waals surface area contributed by atoms with Crippen LogP contribution in [0.4, 0.5) is 27.6 Å². The minimum atomic E-state index is -4.88. The van der Waals surface area contributed by atoms with Crippen LogP contribution in [0.1, 0.15) is 5.56 Å². The van der Waals surface area contributed by atoms with E-state index in [1.807, 2.05) is 0 Å². The topological polar surface area (TPSA) is 58.0 Å². The predicted octanol–water partition coefficient (Wildman–Crippen LogP) is 4.25. The van der Waals surface area contributed by atoms with Crippen molar-refractivity contribution in [3.63, 3.8) is 0 Å². The molecule has 0 aliphatic heterocycles. The molecule has 1 rings (SSSR count). The van der Waals surface area contributed by atoms with E-state index in [1.165, 1.54) is 0 Å². The molecule has 0 bridgehead atoms. The minimum Gasteiger partial charge on any atom is -0.434 e. The van der Waals surface area contributed by atoms with Gasteiger partial charge in [-0.2, -0.15) is 22.0 Å². The van der Waals surface area contributed by atoms with Crippen LogP contribution in [-0.4, -0.2) is 6.61 Å². The van der Waals surface area contributed by atoms with Crippen LogP contribution in [0.2, 0.25) is 0 Å². The van der Waals surface area contributed by atoms with E-state index < -0.39 is 24.1 Å². The summed E-state index contributed by atoms with van der Waals surface area (Å²) in [5, 5.41) is 2.94. The van der Waals surface area contributed by atoms with Gasteiger partial charge in [0.15, 0.2) is 0 Å². The molecule has 9 heteroatoms. The van der Waals surface area contributed by atoms with E-state index in [0.717, 1.165) is 6.07 Å². The normalized spacial score (nSPS) is 11.2. The molecule has 0 fully saturated rings. The van der Waals surface area contributed by atoms with Gasteiger partial charge in [0.1, 0.15) is 5.75 Å². The largest absolute Gasteiger partial charge is 0.434 e. The van der Waals surface area contributed by atoms with Gasteiger partial charge in [0.2, 0.25) is 0 Å². The lowest BCUT2D eigenvalue weighted by Gasteiger charge is -2.13. The zero-order valence-corrected chi connectivity index (χ0v) is 7.95. The molecule has 0 radical (unpaired) electrons. The molecule has 0 heterocycles. The number of halogens is 5. The number of benzene rings is 1. The third kappa shape index (κ3) is 3.49. The summed E-state index contributed by atoms with van der Waals surface area (Å²) < 4.78 is 64.8. The summed E-state index contributed by atoms with van der Waals surface area (Å²) in [5.74, 6) is -1.02. The summed E-state index contributed by atoms with van der Waals surface area (Å²) in [6.45, 7) is -3.37. The van der Waals surface area contributed by atoms with E-state index in [-0.39, 0.29) is 5.69 Å². The van der Waals surface area contributed by atoms with Crippen LogP contribution in [0.25, 0.3) is 10.4 Å². The molecule has 0 aromatic heterocycles. The van der Waals surface area contributed by atoms with E-state index in [4.69, 9.17) is 5.53 Å². The van der Waals surface area contributed by atoms with Crippen LogP contribution in [0.5, 0.6) is 5.75 Å². The van der Waals surface area contributed by atoms with Crippen molar-refractivity contribution in [1.29, 1.82) is 0 Å². The first-order valence-electron chi connectivity index (χ1n) is 4.05. The smallest absolute Gasteiger partial charge is 0.419 e. The standard InChI is InChI=1S/C8H4F5N3O/c9-7(10)17-6-2-1-4(15-16-14)3-5(6)8(11,12)13/h1-3,7H. The van der Waals surface area contributed by atoms with Crippen LogP contribution >= 0.6 is 0 Å². The highest BCUT2D eigenvalue weighted by Crippen LogP contribution is 2.39. The molecule has 0 unspecified atom stereocenters. The zero-order valence-electron chi connectivity index (χ0n) is 7.95. The predicted molar refractivity (Wildman–Crippen MR) is 46.9 cm³/mol. The van der Waals surface area contributed by atoms with Gasteiger partial charge in [0, 0.05) is 10.6 Å². The van der Waals surface area contributed by atoms with Crippen LogP contribution in [0.15, 0.2) is 23.3 Å². The fourth-order valence-corrected chi connectivity index (χ4v) is 1.05. The quantitative estimate of drug-likeness (QED) is 0.344. The average Bonchev–Trinajstić information content (AvgIpc) is 2.18. The molecule has 0 amide bonds. The number of ether oxygens (including phenoxy) is 1. The monoisotopic (exact) mass is 253 g/mol. The van der Waals surface area contributed by atoms with Crippen molar-refractivity contribution in [3.05, 3.63) is 34.2 Å². The third-order valence-electron chi connectivity index (χ3n) is 1.64. The second-order valence-corrected chi connectivity index (χ2v) is 2.75. The number of hydrogen-bond donors (Lipinski definition) is 0. The van der Waals surface area contributed by atoms with Crippen LogP contribution in [-0.2, 0) is 6.18 Å². The van der Waals surface area contributed by atoms with Crippen LogP contribution in [0.3, 0.4) is 0 Å². The second-order valence-electron chi connectivity index (χ2n) is 2.75. The lowest BCUT2D eigenvalue weighted by atomic mass is 10.1. The molecule has 92 valence electrons. The van der Waals surface area contributed by atoms with Gasteiger partial charge in [-0.05, 0) is 23.7 Å². The molecule has 0 saturated carbocycles. The lowest BCUT2D eigenvalue weighted by molar-refractivity contribution is -0.141. The van der Waals surface area contributed by atoms with Gasteiger partial charge >= 0.3 is 12.8 Å². The number of hydrogen-bond acceptors (Lipinski definition) is 2. The van der Waals surface area contributed by atoms with Gasteiger partial charge in [-0.25, -0.2) is 0 Å². The van der Waals surface area contributed by atoms with E-state index in [1.54, 1.807) is 0 Å². The molecule has 0 aliphatic carbocycles. The van der Waals surface area contributed by atoms with Gasteiger partial charge in [-0.3, -0.25) is 0 Å². The van der Waals surface area contributed by atoms with Crippen LogP contribution < -0.4 is 4.74 Å². The Labute approximate surface area is 91.2 Å². The van der Waals surface area contributed by atoms with Crippen molar-refractivity contribution in [1.82, 2.24) is 0 Å². The highest BCUT2D eigenvalue weighted by molar-refractivity contribution is 5.48. The maximum atomic E-state index is 12.5. The molecule has 0 aliphatic rings. The zero-order chi connectivity index (χ0) is 13.1. The number of azide groups is 1. The fraction of sp³-hybridized carbons (Fsp3) is 0.250. The number of nitrogens with zero attached hydrogens (tertiary/aromatic N) is 3. The molecule has 0 spiro atoms. The Balaban J connectivity index is 3.26. The minimum absolute atomic E-state index is 0.346. The Morgan fingerprint density at radius 1 is 1.29 bits per heavy atom.